The number of fused-ring (bicyclic) bond motifs is 2. The standard InChI is InChI=1S/C25H24N6OS2/c1-33-17-5-2-4-16(12-17)26-14-18-13-22-23(34-18)25(31-8-10-32-11-9-31)29-24(28-22)19-6-3-7-21-20(19)15-27-30-21/h2-7,12-13,15,26H,8-11,14H2,1H3,(H,27,30). The highest BCUT2D eigenvalue weighted by Crippen LogP contribution is 2.36. The number of nitrogens with zero attached hydrogens (tertiary/aromatic N) is 4. The Morgan fingerprint density at radius 3 is 2.88 bits per heavy atom. The molecule has 34 heavy (non-hydrogen) atoms. The number of H-pyrrole nitrogens is 1. The summed E-state index contributed by atoms with van der Waals surface area (Å²) in [6, 6.07) is 16.8. The largest absolute Gasteiger partial charge is 0.380 e. The smallest absolute Gasteiger partial charge is 0.162 e. The zero-order chi connectivity index (χ0) is 22.9. The molecule has 0 atom stereocenters. The van der Waals surface area contributed by atoms with Crippen LogP contribution in [0, 0.1) is 0 Å². The number of thioether (sulfide) groups is 1. The predicted octanol–water partition coefficient (Wildman–Crippen LogP) is 5.41. The van der Waals surface area contributed by atoms with Crippen molar-refractivity contribution in [3.05, 3.63) is 59.6 Å². The summed E-state index contributed by atoms with van der Waals surface area (Å²) in [6.45, 7) is 3.82. The molecule has 1 aliphatic heterocycles. The molecule has 5 aromatic rings. The van der Waals surface area contributed by atoms with E-state index in [4.69, 9.17) is 14.7 Å². The molecule has 0 unspecified atom stereocenters. The van der Waals surface area contributed by atoms with Gasteiger partial charge in [0.1, 0.15) is 0 Å². The SMILES string of the molecule is CSc1cccc(NCc2cc3nc(-c4cccc5[nH]ncc45)nc(N4CCOCC4)c3s2)c1. The third-order valence-electron chi connectivity index (χ3n) is 5.98. The summed E-state index contributed by atoms with van der Waals surface area (Å²) in [7, 11) is 0. The van der Waals surface area contributed by atoms with E-state index in [1.54, 1.807) is 23.1 Å². The number of ether oxygens (including phenoxy) is 1. The maximum atomic E-state index is 5.60. The van der Waals surface area contributed by atoms with Crippen molar-refractivity contribution in [1.82, 2.24) is 20.2 Å². The molecule has 2 aromatic carbocycles. The first-order valence-corrected chi connectivity index (χ1v) is 13.3. The normalized spacial score (nSPS) is 14.2. The van der Waals surface area contributed by atoms with Crippen molar-refractivity contribution < 1.29 is 4.74 Å². The molecule has 1 saturated heterocycles. The van der Waals surface area contributed by atoms with E-state index in [1.165, 1.54) is 9.77 Å². The Morgan fingerprint density at radius 1 is 1.12 bits per heavy atom. The second kappa shape index (κ2) is 9.25. The first kappa shape index (κ1) is 21.4. The molecule has 6 rings (SSSR count). The molecule has 0 radical (unpaired) electrons. The van der Waals surface area contributed by atoms with Gasteiger partial charge in [-0.3, -0.25) is 5.10 Å². The monoisotopic (exact) mass is 488 g/mol. The van der Waals surface area contributed by atoms with Crippen molar-refractivity contribution in [1.29, 1.82) is 0 Å². The number of thiophene rings is 1. The van der Waals surface area contributed by atoms with Gasteiger partial charge in [0.25, 0.3) is 0 Å². The highest BCUT2D eigenvalue weighted by Gasteiger charge is 2.21. The van der Waals surface area contributed by atoms with E-state index >= 15 is 0 Å². The Hall–Kier alpha value is -3.14. The highest BCUT2D eigenvalue weighted by atomic mass is 32.2. The Labute approximate surface area is 205 Å². The third kappa shape index (κ3) is 4.11. The molecule has 0 spiro atoms. The van der Waals surface area contributed by atoms with Gasteiger partial charge in [0.2, 0.25) is 0 Å². The molecule has 1 aliphatic rings. The summed E-state index contributed by atoms with van der Waals surface area (Å²) in [4.78, 5) is 14.9. The van der Waals surface area contributed by atoms with Gasteiger partial charge in [-0.05, 0) is 36.6 Å². The molecule has 1 fully saturated rings. The fourth-order valence-electron chi connectivity index (χ4n) is 4.25. The predicted molar refractivity (Wildman–Crippen MR) is 141 cm³/mol. The van der Waals surface area contributed by atoms with E-state index in [0.717, 1.165) is 63.6 Å². The highest BCUT2D eigenvalue weighted by molar-refractivity contribution is 7.98. The summed E-state index contributed by atoms with van der Waals surface area (Å²) < 4.78 is 6.73. The first-order chi connectivity index (χ1) is 16.8. The van der Waals surface area contributed by atoms with Gasteiger partial charge in [0.05, 0.1) is 35.1 Å². The molecule has 0 amide bonds. The van der Waals surface area contributed by atoms with Gasteiger partial charge >= 0.3 is 0 Å². The third-order valence-corrected chi connectivity index (χ3v) is 7.82. The Balaban J connectivity index is 1.40. The number of nitrogens with one attached hydrogen (secondary N) is 2. The molecule has 0 bridgehead atoms. The number of hydrogen-bond acceptors (Lipinski definition) is 8. The quantitative estimate of drug-likeness (QED) is 0.310. The molecule has 7 nitrogen and oxygen atoms in total. The number of benzene rings is 2. The second-order valence-corrected chi connectivity index (χ2v) is 10.1. The molecular weight excluding hydrogens is 464 g/mol. The Morgan fingerprint density at radius 2 is 2.00 bits per heavy atom. The molecule has 3 aromatic heterocycles. The van der Waals surface area contributed by atoms with Gasteiger partial charge in [-0.15, -0.1) is 23.1 Å². The first-order valence-electron chi connectivity index (χ1n) is 11.2. The average Bonchev–Trinajstić information content (AvgIpc) is 3.54. The van der Waals surface area contributed by atoms with Crippen LogP contribution in [0.2, 0.25) is 0 Å². The summed E-state index contributed by atoms with van der Waals surface area (Å²) in [5.74, 6) is 1.72. The van der Waals surface area contributed by atoms with Gasteiger partial charge in [-0.25, -0.2) is 9.97 Å². The molecular formula is C25H24N6OS2. The lowest BCUT2D eigenvalue weighted by Crippen LogP contribution is -2.36. The Kier molecular flexibility index (Phi) is 5.82. The molecule has 4 heterocycles. The van der Waals surface area contributed by atoms with Crippen LogP contribution in [0.15, 0.2) is 59.6 Å². The number of anilines is 2. The van der Waals surface area contributed by atoms with Crippen LogP contribution in [0.5, 0.6) is 0 Å². The van der Waals surface area contributed by atoms with E-state index in [9.17, 15) is 0 Å². The van der Waals surface area contributed by atoms with Crippen LogP contribution in [-0.2, 0) is 11.3 Å². The lowest BCUT2D eigenvalue weighted by Gasteiger charge is -2.28. The minimum Gasteiger partial charge on any atom is -0.380 e. The van der Waals surface area contributed by atoms with Crippen LogP contribution in [0.1, 0.15) is 4.88 Å². The molecule has 9 heteroatoms. The summed E-state index contributed by atoms with van der Waals surface area (Å²) in [6.07, 6.45) is 3.94. The fraction of sp³-hybridized carbons (Fsp3) is 0.240. The van der Waals surface area contributed by atoms with E-state index in [2.05, 4.69) is 63.1 Å². The van der Waals surface area contributed by atoms with Gasteiger partial charge in [0.15, 0.2) is 11.6 Å². The molecule has 2 N–H and O–H groups in total. The van der Waals surface area contributed by atoms with Gasteiger partial charge < -0.3 is 15.0 Å². The lowest BCUT2D eigenvalue weighted by molar-refractivity contribution is 0.122. The van der Waals surface area contributed by atoms with E-state index in [0.29, 0.717) is 13.2 Å². The van der Waals surface area contributed by atoms with Crippen molar-refractivity contribution in [2.75, 3.05) is 42.8 Å². The van der Waals surface area contributed by atoms with Crippen molar-refractivity contribution in [2.45, 2.75) is 11.4 Å². The lowest BCUT2D eigenvalue weighted by atomic mass is 10.1. The maximum absolute atomic E-state index is 5.60. The van der Waals surface area contributed by atoms with Gasteiger partial charge in [0, 0.05) is 46.0 Å². The molecule has 0 aliphatic carbocycles. The number of hydrogen-bond donors (Lipinski definition) is 2. The van der Waals surface area contributed by atoms with Crippen molar-refractivity contribution >= 4 is 55.7 Å². The summed E-state index contributed by atoms with van der Waals surface area (Å²) in [5, 5.41) is 11.9. The second-order valence-electron chi connectivity index (χ2n) is 8.12. The van der Waals surface area contributed by atoms with Crippen LogP contribution in [0.25, 0.3) is 32.5 Å². The van der Waals surface area contributed by atoms with E-state index in [-0.39, 0.29) is 0 Å². The van der Waals surface area contributed by atoms with Crippen LogP contribution in [0.4, 0.5) is 11.5 Å². The maximum Gasteiger partial charge on any atom is 0.162 e. The van der Waals surface area contributed by atoms with Crippen molar-refractivity contribution in [3.8, 4) is 11.4 Å². The molecule has 0 saturated carbocycles. The van der Waals surface area contributed by atoms with E-state index < -0.39 is 0 Å². The summed E-state index contributed by atoms with van der Waals surface area (Å²) >= 11 is 3.51. The average molecular weight is 489 g/mol. The van der Waals surface area contributed by atoms with E-state index in [1.807, 2.05) is 18.3 Å². The number of aromatic amines is 1. The number of morpholine rings is 1. The number of rotatable bonds is 6. The fourth-order valence-corrected chi connectivity index (χ4v) is 5.76. The topological polar surface area (TPSA) is 79.0 Å². The zero-order valence-electron chi connectivity index (χ0n) is 18.7. The van der Waals surface area contributed by atoms with Crippen molar-refractivity contribution in [2.24, 2.45) is 0 Å². The minimum absolute atomic E-state index is 0.712. The minimum atomic E-state index is 0.712. The Bertz CT molecular complexity index is 1460. The van der Waals surface area contributed by atoms with Crippen LogP contribution in [0.3, 0.4) is 0 Å². The summed E-state index contributed by atoms with van der Waals surface area (Å²) in [5.41, 5.74) is 4.07. The van der Waals surface area contributed by atoms with Crippen LogP contribution >= 0.6 is 23.1 Å². The van der Waals surface area contributed by atoms with Gasteiger partial charge in [-0.2, -0.15) is 5.10 Å². The van der Waals surface area contributed by atoms with Crippen LogP contribution < -0.4 is 10.2 Å². The zero-order valence-corrected chi connectivity index (χ0v) is 20.4. The number of aromatic nitrogens is 4. The van der Waals surface area contributed by atoms with Crippen LogP contribution in [-0.4, -0.2) is 52.7 Å². The van der Waals surface area contributed by atoms with Gasteiger partial charge in [-0.1, -0.05) is 18.2 Å². The van der Waals surface area contributed by atoms with Crippen molar-refractivity contribution in [3.63, 3.8) is 0 Å². The molecule has 172 valence electrons.